The highest BCUT2D eigenvalue weighted by Gasteiger charge is 2.47. The van der Waals surface area contributed by atoms with Gasteiger partial charge >= 0.3 is 12.1 Å². The van der Waals surface area contributed by atoms with Gasteiger partial charge in [-0.2, -0.15) is 0 Å². The molecule has 0 aliphatic heterocycles. The molecule has 0 spiro atoms. The lowest BCUT2D eigenvalue weighted by molar-refractivity contribution is -0.143. The minimum absolute atomic E-state index is 0.222. The number of carbonyl (C=O) groups is 2. The molecule has 0 atom stereocenters. The van der Waals surface area contributed by atoms with Crippen LogP contribution in [0.4, 0.5) is 4.79 Å². The third-order valence-corrected chi connectivity index (χ3v) is 2.41. The smallest absolute Gasteiger partial charge is 0.408 e. The molecule has 0 unspecified atom stereocenters. The van der Waals surface area contributed by atoms with E-state index in [0.717, 1.165) is 12.8 Å². The van der Waals surface area contributed by atoms with Gasteiger partial charge in [-0.15, -0.1) is 0 Å². The van der Waals surface area contributed by atoms with Crippen LogP contribution in [0.15, 0.2) is 0 Å². The second-order valence-electron chi connectivity index (χ2n) is 5.39. The van der Waals surface area contributed by atoms with Crippen LogP contribution in [0.1, 0.15) is 47.0 Å². The van der Waals surface area contributed by atoms with E-state index < -0.39 is 17.2 Å². The third-order valence-electron chi connectivity index (χ3n) is 2.41. The maximum absolute atomic E-state index is 11.6. The molecule has 1 saturated carbocycles. The van der Waals surface area contributed by atoms with E-state index in [1.165, 1.54) is 0 Å². The molecule has 5 heteroatoms. The van der Waals surface area contributed by atoms with Gasteiger partial charge in [-0.05, 0) is 40.5 Å². The van der Waals surface area contributed by atoms with Gasteiger partial charge in [-0.3, -0.25) is 4.79 Å². The minimum atomic E-state index is -0.524. The molecule has 0 heterocycles. The van der Waals surface area contributed by atoms with Crippen LogP contribution >= 0.6 is 0 Å². The highest BCUT2D eigenvalue weighted by atomic mass is 16.6. The van der Waals surface area contributed by atoms with Gasteiger partial charge in [0.15, 0.2) is 0 Å². The molecule has 1 N–H and O–H groups in total. The van der Waals surface area contributed by atoms with Gasteiger partial charge in [0.05, 0.1) is 18.6 Å². The van der Waals surface area contributed by atoms with Crippen molar-refractivity contribution in [2.24, 2.45) is 0 Å². The molecule has 1 rings (SSSR count). The Bertz CT molecular complexity index is 302. The first-order valence-electron chi connectivity index (χ1n) is 5.93. The summed E-state index contributed by atoms with van der Waals surface area (Å²) in [4.78, 5) is 22.9. The van der Waals surface area contributed by atoms with Crippen molar-refractivity contribution in [2.75, 3.05) is 6.61 Å². The van der Waals surface area contributed by atoms with Crippen LogP contribution < -0.4 is 5.32 Å². The molecule has 5 nitrogen and oxygen atoms in total. The minimum Gasteiger partial charge on any atom is -0.466 e. The molecule has 1 fully saturated rings. The molecule has 1 aliphatic rings. The van der Waals surface area contributed by atoms with Crippen LogP contribution in [0.5, 0.6) is 0 Å². The number of rotatable bonds is 4. The maximum atomic E-state index is 11.6. The van der Waals surface area contributed by atoms with Crippen LogP contribution in [0.2, 0.25) is 0 Å². The van der Waals surface area contributed by atoms with Crippen LogP contribution in [-0.2, 0) is 14.3 Å². The van der Waals surface area contributed by atoms with Crippen molar-refractivity contribution in [3.05, 3.63) is 0 Å². The molecule has 0 saturated heterocycles. The van der Waals surface area contributed by atoms with Crippen LogP contribution in [0, 0.1) is 0 Å². The van der Waals surface area contributed by atoms with Crippen LogP contribution in [-0.4, -0.2) is 29.8 Å². The average molecular weight is 243 g/mol. The van der Waals surface area contributed by atoms with E-state index >= 15 is 0 Å². The Morgan fingerprint density at radius 2 is 1.88 bits per heavy atom. The molecule has 1 amide bonds. The predicted octanol–water partition coefficient (Wildman–Crippen LogP) is 2.00. The Labute approximate surface area is 102 Å². The van der Waals surface area contributed by atoms with Crippen molar-refractivity contribution in [3.63, 3.8) is 0 Å². The molecule has 0 aromatic rings. The van der Waals surface area contributed by atoms with Crippen LogP contribution in [0.3, 0.4) is 0 Å². The third kappa shape index (κ3) is 5.06. The summed E-state index contributed by atoms with van der Waals surface area (Å²) in [5, 5.41) is 2.75. The highest BCUT2D eigenvalue weighted by Crippen LogP contribution is 2.39. The second kappa shape index (κ2) is 4.94. The van der Waals surface area contributed by atoms with Gasteiger partial charge in [0.1, 0.15) is 5.60 Å². The number of nitrogens with one attached hydrogen (secondary N) is 1. The van der Waals surface area contributed by atoms with Crippen LogP contribution in [0.25, 0.3) is 0 Å². The van der Waals surface area contributed by atoms with Gasteiger partial charge in [0.2, 0.25) is 0 Å². The molecule has 0 aromatic heterocycles. The van der Waals surface area contributed by atoms with Crippen molar-refractivity contribution in [3.8, 4) is 0 Å². The standard InChI is InChI=1S/C12H21NO4/c1-5-16-9(14)8-12(6-7-12)13-10(15)17-11(2,3)4/h5-8H2,1-4H3,(H,13,15). The van der Waals surface area contributed by atoms with E-state index in [4.69, 9.17) is 9.47 Å². The fourth-order valence-electron chi connectivity index (χ4n) is 1.51. The largest absolute Gasteiger partial charge is 0.466 e. The van der Waals surface area contributed by atoms with Crippen molar-refractivity contribution >= 4 is 12.1 Å². The fourth-order valence-corrected chi connectivity index (χ4v) is 1.51. The number of carbonyl (C=O) groups excluding carboxylic acids is 2. The van der Waals surface area contributed by atoms with E-state index in [1.807, 2.05) is 0 Å². The Morgan fingerprint density at radius 1 is 1.29 bits per heavy atom. The zero-order valence-corrected chi connectivity index (χ0v) is 11.0. The summed E-state index contributed by atoms with van der Waals surface area (Å²) < 4.78 is 10.0. The molecule has 0 radical (unpaired) electrons. The summed E-state index contributed by atoms with van der Waals surface area (Å²) in [6.07, 6.45) is 1.34. The quantitative estimate of drug-likeness (QED) is 0.767. The van der Waals surface area contributed by atoms with Gasteiger partial charge in [0, 0.05) is 0 Å². The molecule has 1 aliphatic carbocycles. The Balaban J connectivity index is 2.40. The monoisotopic (exact) mass is 243 g/mol. The lowest BCUT2D eigenvalue weighted by Gasteiger charge is -2.23. The number of hydrogen-bond acceptors (Lipinski definition) is 4. The molecule has 0 aromatic carbocycles. The van der Waals surface area contributed by atoms with Crippen molar-refractivity contribution in [2.45, 2.75) is 58.1 Å². The zero-order chi connectivity index (χ0) is 13.1. The topological polar surface area (TPSA) is 64.6 Å². The second-order valence-corrected chi connectivity index (χ2v) is 5.39. The van der Waals surface area contributed by atoms with E-state index in [-0.39, 0.29) is 12.4 Å². The first-order chi connectivity index (χ1) is 7.76. The van der Waals surface area contributed by atoms with Crippen molar-refractivity contribution in [1.29, 1.82) is 0 Å². The van der Waals surface area contributed by atoms with Gasteiger partial charge in [0.25, 0.3) is 0 Å². The summed E-state index contributed by atoms with van der Waals surface area (Å²) in [5.41, 5.74) is -0.960. The summed E-state index contributed by atoms with van der Waals surface area (Å²) in [6.45, 7) is 7.53. The van der Waals surface area contributed by atoms with E-state index in [9.17, 15) is 9.59 Å². The molecular formula is C12H21NO4. The lowest BCUT2D eigenvalue weighted by Crippen LogP contribution is -2.42. The highest BCUT2D eigenvalue weighted by molar-refractivity contribution is 5.75. The fraction of sp³-hybridized carbons (Fsp3) is 0.833. The molecule has 0 bridgehead atoms. The first-order valence-corrected chi connectivity index (χ1v) is 5.93. The number of alkyl carbamates (subject to hydrolysis) is 1. The number of hydrogen-bond donors (Lipinski definition) is 1. The summed E-state index contributed by atoms with van der Waals surface area (Å²) in [7, 11) is 0. The summed E-state index contributed by atoms with van der Waals surface area (Å²) in [6, 6.07) is 0. The average Bonchev–Trinajstić information content (AvgIpc) is 2.80. The summed E-state index contributed by atoms with van der Waals surface area (Å²) >= 11 is 0. The SMILES string of the molecule is CCOC(=O)CC1(NC(=O)OC(C)(C)C)CC1. The van der Waals surface area contributed by atoms with Gasteiger partial charge in [-0.1, -0.05) is 0 Å². The van der Waals surface area contributed by atoms with Crippen molar-refractivity contribution in [1.82, 2.24) is 5.32 Å². The lowest BCUT2D eigenvalue weighted by atomic mass is 10.2. The van der Waals surface area contributed by atoms with E-state index in [2.05, 4.69) is 5.32 Å². The number of amides is 1. The Hall–Kier alpha value is -1.26. The van der Waals surface area contributed by atoms with Crippen molar-refractivity contribution < 1.29 is 19.1 Å². The van der Waals surface area contributed by atoms with Gasteiger partial charge < -0.3 is 14.8 Å². The van der Waals surface area contributed by atoms with E-state index in [1.54, 1.807) is 27.7 Å². The number of esters is 1. The zero-order valence-electron chi connectivity index (χ0n) is 11.0. The first kappa shape index (κ1) is 13.8. The maximum Gasteiger partial charge on any atom is 0.408 e. The Morgan fingerprint density at radius 3 is 2.29 bits per heavy atom. The number of ether oxygens (including phenoxy) is 2. The molecule has 98 valence electrons. The normalized spacial score (nSPS) is 17.2. The predicted molar refractivity (Wildman–Crippen MR) is 62.6 cm³/mol. The Kier molecular flexibility index (Phi) is 4.01. The van der Waals surface area contributed by atoms with Gasteiger partial charge in [-0.25, -0.2) is 4.79 Å². The van der Waals surface area contributed by atoms with E-state index in [0.29, 0.717) is 6.61 Å². The summed E-state index contributed by atoms with van der Waals surface area (Å²) in [5.74, 6) is -0.277. The molecular weight excluding hydrogens is 222 g/mol. The molecule has 17 heavy (non-hydrogen) atoms.